The van der Waals surface area contributed by atoms with E-state index in [1.165, 1.54) is 17.8 Å². The van der Waals surface area contributed by atoms with Crippen LogP contribution in [0.1, 0.15) is 0 Å². The van der Waals surface area contributed by atoms with Gasteiger partial charge in [-0.1, -0.05) is 11.8 Å². The van der Waals surface area contributed by atoms with Crippen molar-refractivity contribution in [1.82, 2.24) is 15.0 Å². The lowest BCUT2D eigenvalue weighted by Crippen LogP contribution is -2.09. The van der Waals surface area contributed by atoms with E-state index in [0.717, 1.165) is 10.7 Å². The van der Waals surface area contributed by atoms with Crippen LogP contribution in [0.4, 0.5) is 11.6 Å². The molecule has 88 valence electrons. The molecule has 0 saturated carbocycles. The second-order valence-electron chi connectivity index (χ2n) is 3.20. The first-order chi connectivity index (χ1) is 8.17. The minimum atomic E-state index is -0.261. The number of nitrogens with one attached hydrogen (secondary N) is 2. The van der Waals surface area contributed by atoms with Crippen molar-refractivity contribution >= 4 is 23.4 Å². The Kier molecular flexibility index (Phi) is 3.29. The zero-order valence-electron chi connectivity index (χ0n) is 9.10. The van der Waals surface area contributed by atoms with Gasteiger partial charge >= 0.3 is 0 Å². The van der Waals surface area contributed by atoms with Gasteiger partial charge in [0.25, 0.3) is 5.56 Å². The highest BCUT2D eigenvalue weighted by Gasteiger charge is 2.02. The highest BCUT2D eigenvalue weighted by atomic mass is 32.2. The van der Waals surface area contributed by atoms with Crippen LogP contribution < -0.4 is 16.6 Å². The molecule has 2 aromatic rings. The highest BCUT2D eigenvalue weighted by Crippen LogP contribution is 2.25. The maximum absolute atomic E-state index is 11.2. The number of H-pyrrole nitrogens is 1. The zero-order valence-corrected chi connectivity index (χ0v) is 9.91. The standard InChI is InChI=1S/C10H11N5OS/c1-12-8-4-6(2-3-13-8)17-10-14-7(11)5-9(16)15-10/h2-5H,1H3,(H,12,13)(H3,11,14,15,16). The Hall–Kier alpha value is -2.02. The van der Waals surface area contributed by atoms with Crippen LogP contribution in [0.5, 0.6) is 0 Å². The molecule has 0 saturated heterocycles. The fourth-order valence-electron chi connectivity index (χ4n) is 1.22. The Labute approximate surface area is 102 Å². The van der Waals surface area contributed by atoms with Crippen molar-refractivity contribution in [2.75, 3.05) is 18.1 Å². The van der Waals surface area contributed by atoms with Crippen LogP contribution in [0.2, 0.25) is 0 Å². The Morgan fingerprint density at radius 1 is 1.47 bits per heavy atom. The van der Waals surface area contributed by atoms with Crippen molar-refractivity contribution in [3.63, 3.8) is 0 Å². The van der Waals surface area contributed by atoms with Gasteiger partial charge in [0.15, 0.2) is 5.16 Å². The molecule has 6 nitrogen and oxygen atoms in total. The van der Waals surface area contributed by atoms with Crippen LogP contribution >= 0.6 is 11.8 Å². The van der Waals surface area contributed by atoms with E-state index < -0.39 is 0 Å². The van der Waals surface area contributed by atoms with Crippen LogP contribution in [0.3, 0.4) is 0 Å². The molecule has 0 bridgehead atoms. The molecule has 0 aliphatic carbocycles. The molecule has 2 aromatic heterocycles. The third-order valence-electron chi connectivity index (χ3n) is 1.94. The fourth-order valence-corrected chi connectivity index (χ4v) is 2.05. The minimum Gasteiger partial charge on any atom is -0.383 e. The molecule has 0 radical (unpaired) electrons. The fraction of sp³-hybridized carbons (Fsp3) is 0.100. The molecule has 0 aliphatic heterocycles. The van der Waals surface area contributed by atoms with E-state index >= 15 is 0 Å². The summed E-state index contributed by atoms with van der Waals surface area (Å²) in [5.74, 6) is 0.959. The van der Waals surface area contributed by atoms with Crippen LogP contribution in [-0.4, -0.2) is 22.0 Å². The number of aromatic nitrogens is 3. The van der Waals surface area contributed by atoms with Crippen molar-refractivity contribution < 1.29 is 0 Å². The maximum Gasteiger partial charge on any atom is 0.253 e. The Balaban J connectivity index is 2.27. The lowest BCUT2D eigenvalue weighted by atomic mass is 10.5. The van der Waals surface area contributed by atoms with Crippen LogP contribution in [0, 0.1) is 0 Å². The summed E-state index contributed by atoms with van der Waals surface area (Å²) < 4.78 is 0. The largest absolute Gasteiger partial charge is 0.383 e. The Morgan fingerprint density at radius 2 is 2.29 bits per heavy atom. The number of nitrogens with zero attached hydrogens (tertiary/aromatic N) is 2. The maximum atomic E-state index is 11.2. The van der Waals surface area contributed by atoms with Crippen LogP contribution in [0.15, 0.2) is 39.2 Å². The third-order valence-corrected chi connectivity index (χ3v) is 2.82. The first-order valence-corrected chi connectivity index (χ1v) is 5.67. The number of anilines is 2. The molecule has 7 heteroatoms. The molecule has 0 atom stereocenters. The van der Waals surface area contributed by atoms with E-state index in [2.05, 4.69) is 20.3 Å². The van der Waals surface area contributed by atoms with E-state index in [1.807, 2.05) is 12.1 Å². The molecular formula is C10H11N5OS. The Morgan fingerprint density at radius 3 is 3.00 bits per heavy atom. The number of hydrogen-bond acceptors (Lipinski definition) is 6. The van der Waals surface area contributed by atoms with Crippen LogP contribution in [-0.2, 0) is 0 Å². The average molecular weight is 249 g/mol. The first kappa shape index (κ1) is 11.5. The summed E-state index contributed by atoms with van der Waals surface area (Å²) in [4.78, 5) is 22.9. The smallest absolute Gasteiger partial charge is 0.253 e. The van der Waals surface area contributed by atoms with E-state index in [9.17, 15) is 4.79 Å². The summed E-state index contributed by atoms with van der Waals surface area (Å²) >= 11 is 1.32. The van der Waals surface area contributed by atoms with Crippen molar-refractivity contribution in [3.05, 3.63) is 34.7 Å². The lowest BCUT2D eigenvalue weighted by Gasteiger charge is -2.03. The zero-order chi connectivity index (χ0) is 12.3. The molecule has 0 unspecified atom stereocenters. The molecule has 2 rings (SSSR count). The van der Waals surface area contributed by atoms with E-state index in [0.29, 0.717) is 5.16 Å². The summed E-state index contributed by atoms with van der Waals surface area (Å²) in [6.07, 6.45) is 1.68. The molecule has 0 amide bonds. The van der Waals surface area contributed by atoms with Gasteiger partial charge in [-0.2, -0.15) is 0 Å². The van der Waals surface area contributed by atoms with Crippen molar-refractivity contribution in [3.8, 4) is 0 Å². The molecular weight excluding hydrogens is 238 g/mol. The van der Waals surface area contributed by atoms with Gasteiger partial charge in [0.1, 0.15) is 11.6 Å². The van der Waals surface area contributed by atoms with Gasteiger partial charge in [-0.15, -0.1) is 0 Å². The summed E-state index contributed by atoms with van der Waals surface area (Å²) in [5, 5.41) is 3.40. The van der Waals surface area contributed by atoms with Gasteiger partial charge in [-0.05, 0) is 12.1 Å². The number of nitrogen functional groups attached to an aromatic ring is 1. The normalized spacial score (nSPS) is 10.2. The molecule has 2 heterocycles. The third kappa shape index (κ3) is 2.97. The van der Waals surface area contributed by atoms with Gasteiger partial charge in [0.2, 0.25) is 0 Å². The Bertz CT molecular complexity index is 583. The summed E-state index contributed by atoms with van der Waals surface area (Å²) in [5.41, 5.74) is 5.24. The number of hydrogen-bond donors (Lipinski definition) is 3. The van der Waals surface area contributed by atoms with Crippen molar-refractivity contribution in [1.29, 1.82) is 0 Å². The molecule has 0 spiro atoms. The van der Waals surface area contributed by atoms with Gasteiger partial charge in [-0.3, -0.25) is 4.79 Å². The van der Waals surface area contributed by atoms with Crippen molar-refractivity contribution in [2.24, 2.45) is 0 Å². The second-order valence-corrected chi connectivity index (χ2v) is 4.27. The average Bonchev–Trinajstić information content (AvgIpc) is 2.28. The second kappa shape index (κ2) is 4.88. The van der Waals surface area contributed by atoms with Gasteiger partial charge < -0.3 is 16.0 Å². The molecule has 0 aliphatic rings. The van der Waals surface area contributed by atoms with Gasteiger partial charge in [0, 0.05) is 24.2 Å². The molecule has 17 heavy (non-hydrogen) atoms. The summed E-state index contributed by atoms with van der Waals surface area (Å²) in [7, 11) is 1.79. The summed E-state index contributed by atoms with van der Waals surface area (Å²) in [6.45, 7) is 0. The van der Waals surface area contributed by atoms with Gasteiger partial charge in [0.05, 0.1) is 0 Å². The first-order valence-electron chi connectivity index (χ1n) is 4.86. The highest BCUT2D eigenvalue weighted by molar-refractivity contribution is 7.99. The number of nitrogens with two attached hydrogens (primary N) is 1. The monoisotopic (exact) mass is 249 g/mol. The number of pyridine rings is 1. The predicted molar refractivity (Wildman–Crippen MR) is 67.2 cm³/mol. The van der Waals surface area contributed by atoms with Crippen LogP contribution in [0.25, 0.3) is 0 Å². The lowest BCUT2D eigenvalue weighted by molar-refractivity contribution is 0.945. The quantitative estimate of drug-likeness (QED) is 0.700. The predicted octanol–water partition coefficient (Wildman–Crippen LogP) is 0.940. The summed E-state index contributed by atoms with van der Waals surface area (Å²) in [6, 6.07) is 4.93. The number of aromatic amines is 1. The van der Waals surface area contributed by atoms with E-state index in [4.69, 9.17) is 5.73 Å². The van der Waals surface area contributed by atoms with Crippen molar-refractivity contribution in [2.45, 2.75) is 10.1 Å². The van der Waals surface area contributed by atoms with Gasteiger partial charge in [-0.25, -0.2) is 9.97 Å². The molecule has 0 fully saturated rings. The number of rotatable bonds is 3. The molecule has 0 aromatic carbocycles. The molecule has 4 N–H and O–H groups in total. The van der Waals surface area contributed by atoms with E-state index in [1.54, 1.807) is 13.2 Å². The minimum absolute atomic E-state index is 0.208. The van der Waals surface area contributed by atoms with E-state index in [-0.39, 0.29) is 11.4 Å². The topological polar surface area (TPSA) is 96.7 Å². The SMILES string of the molecule is CNc1cc(Sc2nc(N)cc(=O)[nH]2)ccn1.